The Morgan fingerprint density at radius 1 is 1.24 bits per heavy atom. The van der Waals surface area contributed by atoms with E-state index in [1.807, 2.05) is 13.8 Å². The quantitative estimate of drug-likeness (QED) is 0.909. The second-order valence-corrected chi connectivity index (χ2v) is 5.31. The summed E-state index contributed by atoms with van der Waals surface area (Å²) in [6.07, 6.45) is -4.10. The van der Waals surface area contributed by atoms with Gasteiger partial charge in [-0.15, -0.1) is 0 Å². The van der Waals surface area contributed by atoms with Crippen LogP contribution in [0.4, 0.5) is 13.2 Å². The molecule has 0 saturated heterocycles. The van der Waals surface area contributed by atoms with Gasteiger partial charge in [0.25, 0.3) is 0 Å². The van der Waals surface area contributed by atoms with Crippen LogP contribution in [0.3, 0.4) is 0 Å². The van der Waals surface area contributed by atoms with E-state index >= 15 is 0 Å². The number of rotatable bonds is 5. The lowest BCUT2D eigenvalue weighted by Crippen LogP contribution is -2.40. The van der Waals surface area contributed by atoms with Gasteiger partial charge in [-0.1, -0.05) is 19.1 Å². The molecule has 2 unspecified atom stereocenters. The lowest BCUT2D eigenvalue weighted by Gasteiger charge is -2.25. The number of amides is 1. The summed E-state index contributed by atoms with van der Waals surface area (Å²) in [6.45, 7) is 4.04. The Kier molecular flexibility index (Phi) is 5.78. The SMILES string of the molecule is CC(CC(=O)N(C)C(C)CN)c1ccc(C(F)(F)F)cc1. The molecule has 3 nitrogen and oxygen atoms in total. The van der Waals surface area contributed by atoms with Gasteiger partial charge in [0.15, 0.2) is 0 Å². The number of likely N-dealkylation sites (N-methyl/N-ethyl adjacent to an activating group) is 1. The number of alkyl halides is 3. The van der Waals surface area contributed by atoms with E-state index in [4.69, 9.17) is 5.73 Å². The number of benzene rings is 1. The second-order valence-electron chi connectivity index (χ2n) is 5.31. The van der Waals surface area contributed by atoms with Crippen molar-refractivity contribution >= 4 is 5.91 Å². The van der Waals surface area contributed by atoms with Crippen LogP contribution in [-0.4, -0.2) is 30.4 Å². The fraction of sp³-hybridized carbons (Fsp3) is 0.533. The van der Waals surface area contributed by atoms with Crippen LogP contribution in [0.5, 0.6) is 0 Å². The summed E-state index contributed by atoms with van der Waals surface area (Å²) in [5, 5.41) is 0. The summed E-state index contributed by atoms with van der Waals surface area (Å²) in [7, 11) is 1.68. The number of hydrogen-bond acceptors (Lipinski definition) is 2. The summed E-state index contributed by atoms with van der Waals surface area (Å²) >= 11 is 0. The Morgan fingerprint density at radius 2 is 1.76 bits per heavy atom. The lowest BCUT2D eigenvalue weighted by atomic mass is 9.96. The Labute approximate surface area is 122 Å². The van der Waals surface area contributed by atoms with E-state index in [9.17, 15) is 18.0 Å². The first-order chi connectivity index (χ1) is 9.66. The van der Waals surface area contributed by atoms with Crippen LogP contribution in [0, 0.1) is 0 Å². The highest BCUT2D eigenvalue weighted by atomic mass is 19.4. The minimum atomic E-state index is -4.34. The topological polar surface area (TPSA) is 46.3 Å². The molecule has 118 valence electrons. The largest absolute Gasteiger partial charge is 0.416 e. The van der Waals surface area contributed by atoms with Crippen LogP contribution in [-0.2, 0) is 11.0 Å². The molecule has 0 heterocycles. The summed E-state index contributed by atoms with van der Waals surface area (Å²) in [4.78, 5) is 13.6. The molecule has 0 fully saturated rings. The first-order valence-corrected chi connectivity index (χ1v) is 6.79. The summed E-state index contributed by atoms with van der Waals surface area (Å²) < 4.78 is 37.5. The predicted octanol–water partition coefficient (Wildman–Crippen LogP) is 3.00. The standard InChI is InChI=1S/C15H21F3N2O/c1-10(8-14(21)20(3)11(2)9-19)12-4-6-13(7-5-12)15(16,17)18/h4-7,10-11H,8-9,19H2,1-3H3. The van der Waals surface area contributed by atoms with Gasteiger partial charge in [0.05, 0.1) is 5.56 Å². The van der Waals surface area contributed by atoms with E-state index in [1.54, 1.807) is 11.9 Å². The van der Waals surface area contributed by atoms with Crippen LogP contribution in [0.1, 0.15) is 37.3 Å². The van der Waals surface area contributed by atoms with Gasteiger partial charge < -0.3 is 10.6 Å². The molecule has 0 aliphatic carbocycles. The first kappa shape index (κ1) is 17.5. The van der Waals surface area contributed by atoms with Crippen LogP contribution < -0.4 is 5.73 Å². The van der Waals surface area contributed by atoms with Crippen molar-refractivity contribution in [3.63, 3.8) is 0 Å². The van der Waals surface area contributed by atoms with Crippen molar-refractivity contribution < 1.29 is 18.0 Å². The highest BCUT2D eigenvalue weighted by Gasteiger charge is 2.30. The van der Waals surface area contributed by atoms with Gasteiger partial charge in [0.2, 0.25) is 5.91 Å². The molecule has 0 aliphatic rings. The van der Waals surface area contributed by atoms with Crippen molar-refractivity contribution in [2.75, 3.05) is 13.6 Å². The predicted molar refractivity (Wildman–Crippen MR) is 75.8 cm³/mol. The maximum absolute atomic E-state index is 12.5. The number of carbonyl (C=O) groups excluding carboxylic acids is 1. The van der Waals surface area contributed by atoms with Crippen LogP contribution in [0.25, 0.3) is 0 Å². The van der Waals surface area contributed by atoms with Crippen LogP contribution >= 0.6 is 0 Å². The van der Waals surface area contributed by atoms with Gasteiger partial charge in [-0.3, -0.25) is 4.79 Å². The molecule has 1 rings (SSSR count). The molecular weight excluding hydrogens is 281 g/mol. The fourth-order valence-corrected chi connectivity index (χ4v) is 1.93. The molecule has 2 atom stereocenters. The van der Waals surface area contributed by atoms with Crippen molar-refractivity contribution in [3.8, 4) is 0 Å². The molecule has 0 spiro atoms. The average Bonchev–Trinajstić information content (AvgIpc) is 2.44. The van der Waals surface area contributed by atoms with E-state index in [1.165, 1.54) is 12.1 Å². The number of halogens is 3. The Bertz CT molecular complexity index is 471. The highest BCUT2D eigenvalue weighted by Crippen LogP contribution is 2.30. The zero-order valence-electron chi connectivity index (χ0n) is 12.4. The van der Waals surface area contributed by atoms with Gasteiger partial charge in [-0.25, -0.2) is 0 Å². The number of nitrogens with zero attached hydrogens (tertiary/aromatic N) is 1. The van der Waals surface area contributed by atoms with E-state index in [0.29, 0.717) is 12.1 Å². The van der Waals surface area contributed by atoms with Gasteiger partial charge in [0, 0.05) is 26.1 Å². The molecule has 6 heteroatoms. The molecule has 0 aliphatic heterocycles. The molecular formula is C15H21F3N2O. The molecule has 1 amide bonds. The number of nitrogens with two attached hydrogens (primary N) is 1. The second kappa shape index (κ2) is 6.93. The highest BCUT2D eigenvalue weighted by molar-refractivity contribution is 5.77. The third kappa shape index (κ3) is 4.74. The molecule has 0 aromatic heterocycles. The Morgan fingerprint density at radius 3 is 2.19 bits per heavy atom. The van der Waals surface area contributed by atoms with Crippen molar-refractivity contribution in [2.45, 2.75) is 38.4 Å². The van der Waals surface area contributed by atoms with E-state index in [-0.39, 0.29) is 24.3 Å². The number of hydrogen-bond donors (Lipinski definition) is 1. The van der Waals surface area contributed by atoms with Crippen LogP contribution in [0.2, 0.25) is 0 Å². The van der Waals surface area contributed by atoms with E-state index < -0.39 is 11.7 Å². The minimum absolute atomic E-state index is 0.0581. The molecule has 0 saturated carbocycles. The molecule has 0 bridgehead atoms. The fourth-order valence-electron chi connectivity index (χ4n) is 1.93. The molecule has 1 aromatic rings. The zero-order chi connectivity index (χ0) is 16.2. The molecule has 0 radical (unpaired) electrons. The van der Waals surface area contributed by atoms with Gasteiger partial charge >= 0.3 is 6.18 Å². The smallest absolute Gasteiger partial charge is 0.342 e. The number of carbonyl (C=O) groups is 1. The molecule has 1 aromatic carbocycles. The maximum Gasteiger partial charge on any atom is 0.416 e. The van der Waals surface area contributed by atoms with Crippen molar-refractivity contribution in [1.82, 2.24) is 4.90 Å². The van der Waals surface area contributed by atoms with Crippen LogP contribution in [0.15, 0.2) is 24.3 Å². The van der Waals surface area contributed by atoms with Crippen molar-refractivity contribution in [2.24, 2.45) is 5.73 Å². The first-order valence-electron chi connectivity index (χ1n) is 6.79. The van der Waals surface area contributed by atoms with Gasteiger partial charge in [-0.05, 0) is 30.5 Å². The van der Waals surface area contributed by atoms with Gasteiger partial charge in [-0.2, -0.15) is 13.2 Å². The molecule has 21 heavy (non-hydrogen) atoms. The van der Waals surface area contributed by atoms with E-state index in [0.717, 1.165) is 12.1 Å². The maximum atomic E-state index is 12.5. The molecule has 2 N–H and O–H groups in total. The Hall–Kier alpha value is -1.56. The average molecular weight is 302 g/mol. The Balaban J connectivity index is 2.72. The summed E-state index contributed by atoms with van der Waals surface area (Å²) in [6, 6.07) is 4.88. The van der Waals surface area contributed by atoms with Crippen molar-refractivity contribution in [1.29, 1.82) is 0 Å². The van der Waals surface area contributed by atoms with E-state index in [2.05, 4.69) is 0 Å². The third-order valence-electron chi connectivity index (χ3n) is 3.68. The van der Waals surface area contributed by atoms with Crippen molar-refractivity contribution in [3.05, 3.63) is 35.4 Å². The zero-order valence-corrected chi connectivity index (χ0v) is 12.4. The monoisotopic (exact) mass is 302 g/mol. The van der Waals surface area contributed by atoms with Gasteiger partial charge in [0.1, 0.15) is 0 Å². The minimum Gasteiger partial charge on any atom is -0.342 e. The third-order valence-corrected chi connectivity index (χ3v) is 3.68. The summed E-state index contributed by atoms with van der Waals surface area (Å²) in [5.74, 6) is -0.215. The summed E-state index contributed by atoms with van der Waals surface area (Å²) in [5.41, 5.74) is 5.54. The lowest BCUT2D eigenvalue weighted by molar-refractivity contribution is -0.137. The normalized spacial score (nSPS) is 14.6.